The van der Waals surface area contributed by atoms with Crippen LogP contribution in [0.5, 0.6) is 0 Å². The minimum absolute atomic E-state index is 0.261. The van der Waals surface area contributed by atoms with Crippen LogP contribution in [-0.4, -0.2) is 26.8 Å². The van der Waals surface area contributed by atoms with Gasteiger partial charge in [0, 0.05) is 36.2 Å². The van der Waals surface area contributed by atoms with Gasteiger partial charge < -0.3 is 5.32 Å². The molecule has 2 heterocycles. The lowest BCUT2D eigenvalue weighted by atomic mass is 9.74. The summed E-state index contributed by atoms with van der Waals surface area (Å²) < 4.78 is 1.94. The molecule has 1 aliphatic rings. The van der Waals surface area contributed by atoms with Crippen LogP contribution in [0.2, 0.25) is 0 Å². The quantitative estimate of drug-likeness (QED) is 0.941. The van der Waals surface area contributed by atoms with Crippen molar-refractivity contribution in [3.05, 3.63) is 29.7 Å². The molecule has 21 heavy (non-hydrogen) atoms. The Hall–Kier alpha value is -1.75. The van der Waals surface area contributed by atoms with E-state index in [2.05, 4.69) is 36.2 Å². The molecule has 0 saturated carbocycles. The van der Waals surface area contributed by atoms with Gasteiger partial charge in [0.2, 0.25) is 0 Å². The summed E-state index contributed by atoms with van der Waals surface area (Å²) in [5.41, 5.74) is 3.66. The van der Waals surface area contributed by atoms with E-state index in [4.69, 9.17) is 4.98 Å². The summed E-state index contributed by atoms with van der Waals surface area (Å²) in [5.74, 6) is 0.778. The van der Waals surface area contributed by atoms with E-state index in [1.54, 1.807) is 0 Å². The van der Waals surface area contributed by atoms with Crippen LogP contribution >= 0.6 is 0 Å². The second-order valence-corrected chi connectivity index (χ2v) is 6.51. The van der Waals surface area contributed by atoms with Gasteiger partial charge in [-0.05, 0) is 38.3 Å². The molecule has 1 atom stereocenters. The monoisotopic (exact) mass is 285 g/mol. The van der Waals surface area contributed by atoms with Crippen LogP contribution in [0, 0.1) is 5.41 Å². The Labute approximate surface area is 125 Å². The minimum atomic E-state index is 0.261. The first-order valence-corrected chi connectivity index (χ1v) is 7.59. The number of rotatable bonds is 3. The fourth-order valence-electron chi connectivity index (χ4n) is 3.20. The third kappa shape index (κ3) is 2.58. The van der Waals surface area contributed by atoms with Crippen LogP contribution in [0.15, 0.2) is 18.5 Å². The van der Waals surface area contributed by atoms with Crippen molar-refractivity contribution in [1.82, 2.24) is 25.1 Å². The highest BCUT2D eigenvalue weighted by Gasteiger charge is 2.33. The van der Waals surface area contributed by atoms with Crippen molar-refractivity contribution in [3.63, 3.8) is 0 Å². The van der Waals surface area contributed by atoms with E-state index >= 15 is 0 Å². The first-order valence-electron chi connectivity index (χ1n) is 7.59. The number of hydrogen-bond acceptors (Lipinski definition) is 4. The summed E-state index contributed by atoms with van der Waals surface area (Å²) in [6.07, 6.45) is 5.91. The number of nitrogens with one attached hydrogen (secondary N) is 1. The van der Waals surface area contributed by atoms with Crippen molar-refractivity contribution in [2.45, 2.75) is 46.2 Å². The smallest absolute Gasteiger partial charge is 0.178 e. The van der Waals surface area contributed by atoms with Crippen LogP contribution in [0.4, 0.5) is 0 Å². The number of aryl methyl sites for hydroxylation is 1. The number of hydrogen-bond donors (Lipinski definition) is 1. The van der Waals surface area contributed by atoms with Crippen molar-refractivity contribution in [2.24, 2.45) is 5.41 Å². The lowest BCUT2D eigenvalue weighted by Crippen LogP contribution is -2.32. The van der Waals surface area contributed by atoms with Gasteiger partial charge in [-0.3, -0.25) is 4.68 Å². The maximum Gasteiger partial charge on any atom is 0.178 e. The average Bonchev–Trinajstić information content (AvgIpc) is 2.93. The normalized spacial score (nSPS) is 20.3. The third-order valence-corrected chi connectivity index (χ3v) is 4.27. The average molecular weight is 285 g/mol. The largest absolute Gasteiger partial charge is 0.313 e. The SMILES string of the molecule is CCn1nccc1-c1ncc2c(n1)CC(C)(C)CC2NC. The Kier molecular flexibility index (Phi) is 3.53. The van der Waals surface area contributed by atoms with Gasteiger partial charge in [-0.2, -0.15) is 5.10 Å². The fourth-order valence-corrected chi connectivity index (χ4v) is 3.20. The Bertz CT molecular complexity index is 644. The molecule has 0 aliphatic heterocycles. The molecule has 1 N–H and O–H groups in total. The highest BCUT2D eigenvalue weighted by molar-refractivity contribution is 5.50. The molecule has 0 aromatic carbocycles. The van der Waals surface area contributed by atoms with Gasteiger partial charge in [0.05, 0.1) is 0 Å². The maximum atomic E-state index is 4.85. The van der Waals surface area contributed by atoms with Crippen molar-refractivity contribution in [1.29, 1.82) is 0 Å². The molecule has 5 nitrogen and oxygen atoms in total. The van der Waals surface area contributed by atoms with Crippen LogP contribution < -0.4 is 5.32 Å². The van der Waals surface area contributed by atoms with E-state index in [1.807, 2.05) is 30.2 Å². The van der Waals surface area contributed by atoms with Crippen molar-refractivity contribution in [3.8, 4) is 11.5 Å². The summed E-state index contributed by atoms with van der Waals surface area (Å²) in [6, 6.07) is 2.32. The summed E-state index contributed by atoms with van der Waals surface area (Å²) >= 11 is 0. The van der Waals surface area contributed by atoms with Gasteiger partial charge in [-0.15, -0.1) is 0 Å². The van der Waals surface area contributed by atoms with E-state index in [-0.39, 0.29) is 5.41 Å². The Balaban J connectivity index is 2.05. The maximum absolute atomic E-state index is 4.85. The molecule has 3 rings (SSSR count). The molecule has 1 aliphatic carbocycles. The zero-order valence-electron chi connectivity index (χ0n) is 13.2. The second-order valence-electron chi connectivity index (χ2n) is 6.51. The van der Waals surface area contributed by atoms with E-state index < -0.39 is 0 Å². The van der Waals surface area contributed by atoms with Gasteiger partial charge in [0.25, 0.3) is 0 Å². The zero-order valence-corrected chi connectivity index (χ0v) is 13.2. The van der Waals surface area contributed by atoms with Crippen LogP contribution in [0.25, 0.3) is 11.5 Å². The van der Waals surface area contributed by atoms with Crippen molar-refractivity contribution < 1.29 is 0 Å². The Morgan fingerprint density at radius 3 is 2.95 bits per heavy atom. The summed E-state index contributed by atoms with van der Waals surface area (Å²) in [7, 11) is 2.01. The molecule has 2 aromatic heterocycles. The van der Waals surface area contributed by atoms with Gasteiger partial charge >= 0.3 is 0 Å². The van der Waals surface area contributed by atoms with Gasteiger partial charge in [0.1, 0.15) is 5.69 Å². The summed E-state index contributed by atoms with van der Waals surface area (Å²) in [5, 5.41) is 7.70. The molecule has 0 spiro atoms. The number of fused-ring (bicyclic) bond motifs is 1. The van der Waals surface area contributed by atoms with Crippen LogP contribution in [0.1, 0.15) is 44.5 Å². The van der Waals surface area contributed by atoms with Gasteiger partial charge in [0.15, 0.2) is 5.82 Å². The zero-order chi connectivity index (χ0) is 15.0. The summed E-state index contributed by atoms with van der Waals surface area (Å²) in [4.78, 5) is 9.42. The highest BCUT2D eigenvalue weighted by atomic mass is 15.3. The lowest BCUT2D eigenvalue weighted by molar-refractivity contribution is 0.260. The van der Waals surface area contributed by atoms with E-state index in [0.29, 0.717) is 6.04 Å². The molecule has 2 aromatic rings. The van der Waals surface area contributed by atoms with Crippen LogP contribution in [-0.2, 0) is 13.0 Å². The molecule has 0 bridgehead atoms. The van der Waals surface area contributed by atoms with Gasteiger partial charge in [-0.25, -0.2) is 9.97 Å². The molecular weight excluding hydrogens is 262 g/mol. The fraction of sp³-hybridized carbons (Fsp3) is 0.562. The van der Waals surface area contributed by atoms with E-state index in [0.717, 1.165) is 30.9 Å². The first kappa shape index (κ1) is 14.2. The van der Waals surface area contributed by atoms with E-state index in [1.165, 1.54) is 11.3 Å². The lowest BCUT2D eigenvalue weighted by Gasteiger charge is -2.36. The van der Waals surface area contributed by atoms with Crippen LogP contribution in [0.3, 0.4) is 0 Å². The van der Waals surface area contributed by atoms with E-state index in [9.17, 15) is 0 Å². The number of aromatic nitrogens is 4. The molecule has 5 heteroatoms. The highest BCUT2D eigenvalue weighted by Crippen LogP contribution is 2.39. The Morgan fingerprint density at radius 2 is 2.24 bits per heavy atom. The standard InChI is InChI=1S/C16H23N5/c1-5-21-14(6-7-19-21)15-18-10-11-12(17-4)8-16(2,3)9-13(11)20-15/h6-7,10,12,17H,5,8-9H2,1-4H3. The second kappa shape index (κ2) is 5.22. The van der Waals surface area contributed by atoms with Crippen molar-refractivity contribution >= 4 is 0 Å². The Morgan fingerprint density at radius 1 is 1.43 bits per heavy atom. The van der Waals surface area contributed by atoms with Crippen molar-refractivity contribution in [2.75, 3.05) is 7.05 Å². The summed E-state index contributed by atoms with van der Waals surface area (Å²) in [6.45, 7) is 7.51. The molecule has 0 amide bonds. The minimum Gasteiger partial charge on any atom is -0.313 e. The predicted molar refractivity (Wildman–Crippen MR) is 82.8 cm³/mol. The van der Waals surface area contributed by atoms with Gasteiger partial charge in [-0.1, -0.05) is 13.8 Å². The molecule has 0 saturated heterocycles. The third-order valence-electron chi connectivity index (χ3n) is 4.27. The molecular formula is C16H23N5. The predicted octanol–water partition coefficient (Wildman–Crippen LogP) is 2.59. The number of nitrogens with zero attached hydrogens (tertiary/aromatic N) is 4. The molecule has 112 valence electrons. The molecule has 1 unspecified atom stereocenters. The molecule has 0 fully saturated rings. The topological polar surface area (TPSA) is 55.6 Å². The molecule has 0 radical (unpaired) electrons. The first-order chi connectivity index (χ1) is 10.0.